The van der Waals surface area contributed by atoms with Crippen molar-refractivity contribution in [2.75, 3.05) is 19.6 Å². The van der Waals surface area contributed by atoms with Gasteiger partial charge in [-0.2, -0.15) is 0 Å². The number of hydrogen-bond donors (Lipinski definition) is 2. The second-order valence-corrected chi connectivity index (χ2v) is 6.43. The third kappa shape index (κ3) is 2.88. The number of quaternary nitrogens is 1. The summed E-state index contributed by atoms with van der Waals surface area (Å²) in [4.78, 5) is 17.4. The molecule has 21 heavy (non-hydrogen) atoms. The predicted octanol–water partition coefficient (Wildman–Crippen LogP) is 2.23. The summed E-state index contributed by atoms with van der Waals surface area (Å²) in [7, 11) is 0. The number of benzene rings is 1. The number of ketones is 1. The van der Waals surface area contributed by atoms with Crippen molar-refractivity contribution in [2.45, 2.75) is 33.1 Å². The van der Waals surface area contributed by atoms with Crippen molar-refractivity contribution in [1.82, 2.24) is 4.98 Å². The van der Waals surface area contributed by atoms with Crippen molar-refractivity contribution >= 4 is 16.7 Å². The molecule has 0 spiro atoms. The quantitative estimate of drug-likeness (QED) is 0.831. The Labute approximate surface area is 126 Å². The van der Waals surface area contributed by atoms with Crippen LogP contribution < -0.4 is 4.90 Å². The molecule has 2 aromatic rings. The van der Waals surface area contributed by atoms with E-state index in [2.05, 4.69) is 37.0 Å². The van der Waals surface area contributed by atoms with E-state index in [0.29, 0.717) is 6.54 Å². The van der Waals surface area contributed by atoms with E-state index in [0.717, 1.165) is 41.9 Å². The smallest absolute Gasteiger partial charge is 0.219 e. The van der Waals surface area contributed by atoms with Gasteiger partial charge in [0.05, 0.1) is 13.1 Å². The molecule has 3 nitrogen and oxygen atoms in total. The Morgan fingerprint density at radius 2 is 2.10 bits per heavy atom. The molecule has 0 aliphatic carbocycles. The van der Waals surface area contributed by atoms with Gasteiger partial charge in [-0.05, 0) is 30.7 Å². The van der Waals surface area contributed by atoms with E-state index in [1.54, 1.807) is 0 Å². The number of carbonyl (C=O) groups is 1. The van der Waals surface area contributed by atoms with Gasteiger partial charge in [0.15, 0.2) is 0 Å². The first-order valence-corrected chi connectivity index (χ1v) is 8.14. The lowest BCUT2D eigenvalue weighted by atomic mass is 9.98. The number of Topliss-reactive ketones (excluding diaryl/α,β-unsaturated/α-hetero) is 1. The lowest BCUT2D eigenvalue weighted by Gasteiger charge is -2.26. The summed E-state index contributed by atoms with van der Waals surface area (Å²) >= 11 is 0. The number of nitrogens with one attached hydrogen (secondary N) is 2. The minimum absolute atomic E-state index is 0.277. The number of piperidine rings is 1. The average molecular weight is 285 g/mol. The van der Waals surface area contributed by atoms with Gasteiger partial charge in [-0.25, -0.2) is 0 Å². The monoisotopic (exact) mass is 285 g/mol. The summed E-state index contributed by atoms with van der Waals surface area (Å²) in [5.74, 6) is 1.10. The molecule has 1 aliphatic rings. The maximum absolute atomic E-state index is 12.6. The number of aromatic nitrogens is 1. The normalized spacial score (nSPS) is 22.6. The number of rotatable bonds is 4. The number of H-pyrrole nitrogens is 1. The maximum Gasteiger partial charge on any atom is 0.219 e. The van der Waals surface area contributed by atoms with E-state index in [-0.39, 0.29) is 5.78 Å². The van der Waals surface area contributed by atoms with Crippen molar-refractivity contribution < 1.29 is 9.69 Å². The first-order valence-electron chi connectivity index (χ1n) is 8.14. The highest BCUT2D eigenvalue weighted by Crippen LogP contribution is 2.22. The van der Waals surface area contributed by atoms with Gasteiger partial charge in [0, 0.05) is 22.7 Å². The summed E-state index contributed by atoms with van der Waals surface area (Å²) in [5, 5.41) is 1.09. The van der Waals surface area contributed by atoms with E-state index in [1.165, 1.54) is 23.3 Å². The molecule has 2 N–H and O–H groups in total. The molecule has 3 rings (SSSR count). The van der Waals surface area contributed by atoms with Crippen LogP contribution in [0, 0.1) is 5.92 Å². The minimum Gasteiger partial charge on any atom is -0.360 e. The van der Waals surface area contributed by atoms with Crippen LogP contribution in [0.3, 0.4) is 0 Å². The van der Waals surface area contributed by atoms with Gasteiger partial charge in [-0.15, -0.1) is 0 Å². The third-order valence-electron chi connectivity index (χ3n) is 4.88. The van der Waals surface area contributed by atoms with Crippen LogP contribution in [0.5, 0.6) is 0 Å². The summed E-state index contributed by atoms with van der Waals surface area (Å²) in [6.07, 6.45) is 5.38. The summed E-state index contributed by atoms with van der Waals surface area (Å²) in [5.41, 5.74) is 3.28. The molecule has 0 radical (unpaired) electrons. The molecule has 0 unspecified atom stereocenters. The Hall–Kier alpha value is -1.61. The summed E-state index contributed by atoms with van der Waals surface area (Å²) in [6.45, 7) is 7.36. The van der Waals surface area contributed by atoms with Gasteiger partial charge in [0.1, 0.15) is 6.54 Å². The van der Waals surface area contributed by atoms with Gasteiger partial charge in [0.2, 0.25) is 5.78 Å². The van der Waals surface area contributed by atoms with Crippen molar-refractivity contribution in [3.05, 3.63) is 35.5 Å². The van der Waals surface area contributed by atoms with Crippen molar-refractivity contribution in [3.63, 3.8) is 0 Å². The van der Waals surface area contributed by atoms with E-state index in [9.17, 15) is 4.79 Å². The topological polar surface area (TPSA) is 37.3 Å². The Balaban J connectivity index is 1.79. The lowest BCUT2D eigenvalue weighted by molar-refractivity contribution is -0.897. The molecule has 1 fully saturated rings. The zero-order chi connectivity index (χ0) is 14.8. The van der Waals surface area contributed by atoms with Crippen molar-refractivity contribution in [2.24, 2.45) is 5.92 Å². The van der Waals surface area contributed by atoms with Gasteiger partial charge < -0.3 is 9.88 Å². The number of hydrogen-bond acceptors (Lipinski definition) is 1. The lowest BCUT2D eigenvalue weighted by Crippen LogP contribution is -3.13. The van der Waals surface area contributed by atoms with E-state index in [4.69, 9.17) is 0 Å². The predicted molar refractivity (Wildman–Crippen MR) is 86.0 cm³/mol. The van der Waals surface area contributed by atoms with Gasteiger partial charge in [0.25, 0.3) is 0 Å². The van der Waals surface area contributed by atoms with E-state index >= 15 is 0 Å². The van der Waals surface area contributed by atoms with Gasteiger partial charge >= 0.3 is 0 Å². The van der Waals surface area contributed by atoms with Crippen LogP contribution in [0.15, 0.2) is 24.4 Å². The molecule has 0 amide bonds. The fourth-order valence-electron chi connectivity index (χ4n) is 3.41. The van der Waals surface area contributed by atoms with Gasteiger partial charge in [-0.3, -0.25) is 4.79 Å². The van der Waals surface area contributed by atoms with Crippen molar-refractivity contribution in [1.29, 1.82) is 0 Å². The fraction of sp³-hybridized carbons (Fsp3) is 0.500. The van der Waals surface area contributed by atoms with Crippen LogP contribution in [0.25, 0.3) is 10.9 Å². The fourth-order valence-corrected chi connectivity index (χ4v) is 3.41. The summed E-state index contributed by atoms with van der Waals surface area (Å²) < 4.78 is 0. The third-order valence-corrected chi connectivity index (χ3v) is 4.88. The second kappa shape index (κ2) is 6.02. The van der Waals surface area contributed by atoms with Crippen LogP contribution in [0.1, 0.15) is 42.6 Å². The standard InChI is InChI=1S/C18H24N2O/c1-3-14-5-4-6-15-16(11-19-18(14)15)17(21)12-20-9-7-13(2)8-10-20/h4-6,11,13,19H,3,7-10,12H2,1-2H3/p+1. The molecule has 2 heterocycles. The minimum atomic E-state index is 0.277. The maximum atomic E-state index is 12.6. The molecule has 1 aromatic carbocycles. The van der Waals surface area contributed by atoms with Crippen LogP contribution >= 0.6 is 0 Å². The SMILES string of the molecule is CCc1cccc2c(C(=O)C[NH+]3CCC(C)CC3)c[nH]c12. The number of para-hydroxylation sites is 1. The molecule has 1 aromatic heterocycles. The highest BCUT2D eigenvalue weighted by atomic mass is 16.1. The Kier molecular flexibility index (Phi) is 4.11. The Bertz CT molecular complexity index is 636. The number of fused-ring (bicyclic) bond motifs is 1. The molecule has 1 aliphatic heterocycles. The zero-order valence-electron chi connectivity index (χ0n) is 13.0. The molecule has 112 valence electrons. The van der Waals surface area contributed by atoms with E-state index in [1.807, 2.05) is 6.20 Å². The summed E-state index contributed by atoms with van der Waals surface area (Å²) in [6, 6.07) is 6.25. The number of aromatic amines is 1. The number of carbonyl (C=O) groups excluding carboxylic acids is 1. The Morgan fingerprint density at radius 3 is 2.81 bits per heavy atom. The molecular formula is C18H25N2O+. The molecular weight excluding hydrogens is 260 g/mol. The van der Waals surface area contributed by atoms with Gasteiger partial charge in [-0.1, -0.05) is 32.0 Å². The first kappa shape index (κ1) is 14.3. The van der Waals surface area contributed by atoms with Crippen molar-refractivity contribution in [3.8, 4) is 0 Å². The van der Waals surface area contributed by atoms with Crippen LogP contribution in [0.4, 0.5) is 0 Å². The molecule has 0 bridgehead atoms. The highest BCUT2D eigenvalue weighted by Gasteiger charge is 2.23. The highest BCUT2D eigenvalue weighted by molar-refractivity contribution is 6.08. The van der Waals surface area contributed by atoms with E-state index < -0.39 is 0 Å². The number of likely N-dealkylation sites (tertiary alicyclic amines) is 1. The Morgan fingerprint density at radius 1 is 1.33 bits per heavy atom. The number of aryl methyl sites for hydroxylation is 1. The largest absolute Gasteiger partial charge is 0.360 e. The second-order valence-electron chi connectivity index (χ2n) is 6.43. The van der Waals surface area contributed by atoms with Crippen LogP contribution in [-0.2, 0) is 6.42 Å². The van der Waals surface area contributed by atoms with Crippen LogP contribution in [-0.4, -0.2) is 30.4 Å². The molecule has 1 saturated heterocycles. The average Bonchev–Trinajstić information content (AvgIpc) is 2.93. The van der Waals surface area contributed by atoms with Crippen LogP contribution in [0.2, 0.25) is 0 Å². The molecule has 0 saturated carbocycles. The molecule has 0 atom stereocenters. The first-order chi connectivity index (χ1) is 10.2. The zero-order valence-corrected chi connectivity index (χ0v) is 13.0. The molecule has 3 heteroatoms.